The molecule has 0 bridgehead atoms. The van der Waals surface area contributed by atoms with Crippen molar-refractivity contribution >= 4 is 35.3 Å². The van der Waals surface area contributed by atoms with Gasteiger partial charge in [-0.3, -0.25) is 4.79 Å². The minimum absolute atomic E-state index is 0.125. The molecule has 1 atom stereocenters. The van der Waals surface area contributed by atoms with E-state index in [1.165, 1.54) is 23.1 Å². The number of nitrogens with one attached hydrogen (secondary N) is 1. The lowest BCUT2D eigenvalue weighted by atomic mass is 10.1. The molecule has 0 spiro atoms. The van der Waals surface area contributed by atoms with Gasteiger partial charge in [-0.2, -0.15) is 0 Å². The van der Waals surface area contributed by atoms with E-state index in [4.69, 9.17) is 0 Å². The largest absolute Gasteiger partial charge is 0.346 e. The molecule has 21 heavy (non-hydrogen) atoms. The molecule has 1 aromatic carbocycles. The lowest BCUT2D eigenvalue weighted by molar-refractivity contribution is -0.123. The van der Waals surface area contributed by atoms with Crippen molar-refractivity contribution in [2.75, 3.05) is 5.75 Å². The SMILES string of the molecule is O=CC(Cc1ccccc1)NC(=O)CCSc1nncs1. The molecule has 2 rings (SSSR count). The van der Waals surface area contributed by atoms with E-state index in [-0.39, 0.29) is 5.91 Å². The molecular formula is C14H15N3O2S2. The van der Waals surface area contributed by atoms with Crippen molar-refractivity contribution in [1.82, 2.24) is 15.5 Å². The van der Waals surface area contributed by atoms with Crippen molar-refractivity contribution in [3.05, 3.63) is 41.4 Å². The highest BCUT2D eigenvalue weighted by molar-refractivity contribution is 8.01. The van der Waals surface area contributed by atoms with Crippen LogP contribution in [-0.2, 0) is 16.0 Å². The highest BCUT2D eigenvalue weighted by Gasteiger charge is 2.12. The Bertz CT molecular complexity index is 561. The molecule has 5 nitrogen and oxygen atoms in total. The number of hydrogen-bond acceptors (Lipinski definition) is 6. The highest BCUT2D eigenvalue weighted by atomic mass is 32.2. The van der Waals surface area contributed by atoms with E-state index in [0.717, 1.165) is 16.2 Å². The predicted octanol–water partition coefficient (Wildman–Crippen LogP) is 1.95. The summed E-state index contributed by atoms with van der Waals surface area (Å²) in [5.74, 6) is 0.498. The molecule has 1 amide bonds. The summed E-state index contributed by atoms with van der Waals surface area (Å²) in [4.78, 5) is 22.9. The fourth-order valence-corrected chi connectivity index (χ4v) is 3.23. The zero-order chi connectivity index (χ0) is 14.9. The molecule has 1 heterocycles. The zero-order valence-corrected chi connectivity index (χ0v) is 12.9. The topological polar surface area (TPSA) is 72.0 Å². The summed E-state index contributed by atoms with van der Waals surface area (Å²) in [5, 5.41) is 10.4. The number of benzene rings is 1. The van der Waals surface area contributed by atoms with Crippen LogP contribution in [0.3, 0.4) is 0 Å². The van der Waals surface area contributed by atoms with Crippen LogP contribution in [0, 0.1) is 0 Å². The standard InChI is InChI=1S/C14H15N3O2S2/c18-9-12(8-11-4-2-1-3-5-11)16-13(19)6-7-20-14-17-15-10-21-14/h1-5,9-10,12H,6-8H2,(H,16,19). The normalized spacial score (nSPS) is 11.8. The van der Waals surface area contributed by atoms with Crippen molar-refractivity contribution in [3.8, 4) is 0 Å². The molecule has 0 saturated heterocycles. The van der Waals surface area contributed by atoms with Crippen LogP contribution < -0.4 is 5.32 Å². The summed E-state index contributed by atoms with van der Waals surface area (Å²) < 4.78 is 0.846. The van der Waals surface area contributed by atoms with Gasteiger partial charge in [0.1, 0.15) is 11.8 Å². The Labute approximate surface area is 131 Å². The first kappa shape index (κ1) is 15.7. The Morgan fingerprint density at radius 2 is 2.19 bits per heavy atom. The van der Waals surface area contributed by atoms with Gasteiger partial charge in [-0.15, -0.1) is 10.2 Å². The Morgan fingerprint density at radius 3 is 2.86 bits per heavy atom. The van der Waals surface area contributed by atoms with E-state index in [2.05, 4.69) is 15.5 Å². The second kappa shape index (κ2) is 8.53. The number of rotatable bonds is 8. The summed E-state index contributed by atoms with van der Waals surface area (Å²) in [6.45, 7) is 0. The predicted molar refractivity (Wildman–Crippen MR) is 83.4 cm³/mol. The summed E-state index contributed by atoms with van der Waals surface area (Å²) in [5.41, 5.74) is 2.68. The van der Waals surface area contributed by atoms with E-state index in [0.29, 0.717) is 18.6 Å². The number of carbonyl (C=O) groups is 2. The molecule has 2 aromatic rings. The van der Waals surface area contributed by atoms with Crippen molar-refractivity contribution < 1.29 is 9.59 Å². The Morgan fingerprint density at radius 1 is 1.38 bits per heavy atom. The number of aromatic nitrogens is 2. The van der Waals surface area contributed by atoms with Crippen LogP contribution in [0.25, 0.3) is 0 Å². The monoisotopic (exact) mass is 321 g/mol. The molecule has 0 aliphatic heterocycles. The molecule has 1 aromatic heterocycles. The Balaban J connectivity index is 1.73. The number of hydrogen-bond donors (Lipinski definition) is 1. The molecule has 0 saturated carbocycles. The van der Waals surface area contributed by atoms with E-state index >= 15 is 0 Å². The van der Waals surface area contributed by atoms with Gasteiger partial charge < -0.3 is 10.1 Å². The summed E-state index contributed by atoms with van der Waals surface area (Å²) in [6, 6.07) is 9.14. The fourth-order valence-electron chi connectivity index (χ4n) is 1.74. The summed E-state index contributed by atoms with van der Waals surface area (Å²) >= 11 is 2.94. The summed E-state index contributed by atoms with van der Waals surface area (Å²) in [6.07, 6.45) is 1.64. The Kier molecular flexibility index (Phi) is 6.36. The average molecular weight is 321 g/mol. The van der Waals surface area contributed by atoms with Crippen LogP contribution in [0.5, 0.6) is 0 Å². The van der Waals surface area contributed by atoms with Crippen molar-refractivity contribution in [2.24, 2.45) is 0 Å². The minimum Gasteiger partial charge on any atom is -0.346 e. The molecule has 1 unspecified atom stereocenters. The first-order valence-electron chi connectivity index (χ1n) is 6.45. The van der Waals surface area contributed by atoms with E-state index in [9.17, 15) is 9.59 Å². The molecule has 0 aliphatic carbocycles. The third-order valence-corrected chi connectivity index (χ3v) is 4.57. The lowest BCUT2D eigenvalue weighted by Crippen LogP contribution is -2.37. The van der Waals surface area contributed by atoms with Gasteiger partial charge in [0, 0.05) is 12.2 Å². The van der Waals surface area contributed by atoms with Gasteiger partial charge in [-0.1, -0.05) is 53.4 Å². The fraction of sp³-hybridized carbons (Fsp3) is 0.286. The molecule has 110 valence electrons. The van der Waals surface area contributed by atoms with E-state index in [1.807, 2.05) is 30.3 Å². The third kappa shape index (κ3) is 5.65. The average Bonchev–Trinajstić information content (AvgIpc) is 3.01. The van der Waals surface area contributed by atoms with Crippen LogP contribution in [0.4, 0.5) is 0 Å². The number of aldehydes is 1. The minimum atomic E-state index is -0.480. The van der Waals surface area contributed by atoms with E-state index < -0.39 is 6.04 Å². The lowest BCUT2D eigenvalue weighted by Gasteiger charge is -2.12. The van der Waals surface area contributed by atoms with Gasteiger partial charge in [0.15, 0.2) is 4.34 Å². The first-order valence-corrected chi connectivity index (χ1v) is 8.32. The number of amides is 1. The maximum atomic E-state index is 11.8. The molecular weight excluding hydrogens is 306 g/mol. The second-order valence-corrected chi connectivity index (χ2v) is 6.48. The van der Waals surface area contributed by atoms with Gasteiger partial charge in [-0.05, 0) is 12.0 Å². The van der Waals surface area contributed by atoms with Crippen molar-refractivity contribution in [2.45, 2.75) is 23.2 Å². The molecule has 0 radical (unpaired) electrons. The van der Waals surface area contributed by atoms with Crippen LogP contribution in [-0.4, -0.2) is 34.2 Å². The zero-order valence-electron chi connectivity index (χ0n) is 11.3. The molecule has 0 fully saturated rings. The highest BCUT2D eigenvalue weighted by Crippen LogP contribution is 2.19. The van der Waals surface area contributed by atoms with Crippen LogP contribution in [0.1, 0.15) is 12.0 Å². The van der Waals surface area contributed by atoms with Crippen LogP contribution >= 0.6 is 23.1 Å². The van der Waals surface area contributed by atoms with Gasteiger partial charge in [-0.25, -0.2) is 0 Å². The second-order valence-electron chi connectivity index (χ2n) is 4.30. The maximum Gasteiger partial charge on any atom is 0.221 e. The van der Waals surface area contributed by atoms with Gasteiger partial charge in [0.05, 0.1) is 6.04 Å². The van der Waals surface area contributed by atoms with Gasteiger partial charge in [0.2, 0.25) is 5.91 Å². The number of carbonyl (C=O) groups excluding carboxylic acids is 2. The molecule has 7 heteroatoms. The van der Waals surface area contributed by atoms with Gasteiger partial charge >= 0.3 is 0 Å². The quantitative estimate of drug-likeness (QED) is 0.594. The third-order valence-electron chi connectivity index (χ3n) is 2.70. The first-order chi connectivity index (χ1) is 10.3. The summed E-state index contributed by atoms with van der Waals surface area (Å²) in [7, 11) is 0. The Hall–Kier alpha value is -1.73. The van der Waals surface area contributed by atoms with Crippen molar-refractivity contribution in [3.63, 3.8) is 0 Å². The van der Waals surface area contributed by atoms with Crippen LogP contribution in [0.15, 0.2) is 40.2 Å². The smallest absolute Gasteiger partial charge is 0.221 e. The van der Waals surface area contributed by atoms with Crippen LogP contribution in [0.2, 0.25) is 0 Å². The van der Waals surface area contributed by atoms with E-state index in [1.54, 1.807) is 5.51 Å². The van der Waals surface area contributed by atoms with Gasteiger partial charge in [0.25, 0.3) is 0 Å². The van der Waals surface area contributed by atoms with Crippen molar-refractivity contribution in [1.29, 1.82) is 0 Å². The molecule has 1 N–H and O–H groups in total. The number of nitrogens with zero attached hydrogens (tertiary/aromatic N) is 2. The maximum absolute atomic E-state index is 11.8. The molecule has 0 aliphatic rings. The number of thioether (sulfide) groups is 1.